The van der Waals surface area contributed by atoms with Crippen LogP contribution in [0.4, 0.5) is 5.95 Å². The number of nitrogens with two attached hydrogens (primary N) is 1. The first kappa shape index (κ1) is 12.3. The lowest BCUT2D eigenvalue weighted by Gasteiger charge is -2.03. The zero-order valence-corrected chi connectivity index (χ0v) is 10.7. The maximum Gasteiger partial charge on any atom is 0.252 e. The second kappa shape index (κ2) is 4.60. The van der Waals surface area contributed by atoms with E-state index in [1.165, 1.54) is 4.68 Å². The molecule has 0 spiro atoms. The van der Waals surface area contributed by atoms with E-state index in [1.807, 2.05) is 31.2 Å². The molecule has 0 bridgehead atoms. The molecule has 94 valence electrons. The van der Waals surface area contributed by atoms with Crippen LogP contribution in [0.5, 0.6) is 0 Å². The molecule has 5 nitrogen and oxygen atoms in total. The number of carbonyl (C=O) groups is 1. The minimum atomic E-state index is -0.167. The highest BCUT2D eigenvalue weighted by Crippen LogP contribution is 2.18. The standard InChI is InChI=1S/C13H16N4O/c1-8(2)12(18)17-13(14)15-11(16-17)10-6-4-5-9(3)7-10/h4-8H,1-3H3,(H2,14,15,16). The van der Waals surface area contributed by atoms with Gasteiger partial charge in [0.2, 0.25) is 5.95 Å². The summed E-state index contributed by atoms with van der Waals surface area (Å²) in [6.07, 6.45) is 0. The number of hydrogen-bond acceptors (Lipinski definition) is 4. The van der Waals surface area contributed by atoms with Crippen LogP contribution in [-0.4, -0.2) is 20.7 Å². The number of rotatable bonds is 2. The van der Waals surface area contributed by atoms with Crippen LogP contribution in [0.25, 0.3) is 11.4 Å². The maximum atomic E-state index is 11.9. The Labute approximate surface area is 106 Å². The average Bonchev–Trinajstić information content (AvgIpc) is 2.70. The summed E-state index contributed by atoms with van der Waals surface area (Å²) in [5.41, 5.74) is 7.69. The first-order valence-electron chi connectivity index (χ1n) is 5.83. The minimum absolute atomic E-state index is 0.130. The summed E-state index contributed by atoms with van der Waals surface area (Å²) in [5.74, 6) is 0.286. The van der Waals surface area contributed by atoms with Crippen molar-refractivity contribution in [1.82, 2.24) is 14.8 Å². The Kier molecular flexibility index (Phi) is 3.14. The van der Waals surface area contributed by atoms with Gasteiger partial charge in [0.25, 0.3) is 5.91 Å². The fourth-order valence-electron chi connectivity index (χ4n) is 1.64. The van der Waals surface area contributed by atoms with Gasteiger partial charge in [-0.15, -0.1) is 5.10 Å². The van der Waals surface area contributed by atoms with Crippen molar-refractivity contribution in [2.75, 3.05) is 5.73 Å². The quantitative estimate of drug-likeness (QED) is 0.878. The molecule has 0 amide bonds. The normalized spacial score (nSPS) is 10.9. The molecule has 2 rings (SSSR count). The second-order valence-corrected chi connectivity index (χ2v) is 4.57. The summed E-state index contributed by atoms with van der Waals surface area (Å²) < 4.78 is 1.17. The molecule has 1 aromatic carbocycles. The highest BCUT2D eigenvalue weighted by atomic mass is 16.2. The van der Waals surface area contributed by atoms with Crippen molar-refractivity contribution in [1.29, 1.82) is 0 Å². The third-order valence-electron chi connectivity index (χ3n) is 2.61. The van der Waals surface area contributed by atoms with Crippen molar-refractivity contribution in [3.8, 4) is 11.4 Å². The molecular weight excluding hydrogens is 228 g/mol. The fraction of sp³-hybridized carbons (Fsp3) is 0.308. The van der Waals surface area contributed by atoms with Gasteiger partial charge in [-0.05, 0) is 13.0 Å². The van der Waals surface area contributed by atoms with E-state index in [9.17, 15) is 4.79 Å². The van der Waals surface area contributed by atoms with Crippen LogP contribution in [0.3, 0.4) is 0 Å². The molecule has 1 aromatic heterocycles. The van der Waals surface area contributed by atoms with E-state index < -0.39 is 0 Å². The molecule has 0 aliphatic heterocycles. The Balaban J connectivity index is 2.43. The van der Waals surface area contributed by atoms with Gasteiger partial charge in [-0.3, -0.25) is 4.79 Å². The van der Waals surface area contributed by atoms with E-state index in [2.05, 4.69) is 10.1 Å². The molecule has 0 saturated carbocycles. The van der Waals surface area contributed by atoms with Crippen molar-refractivity contribution in [3.63, 3.8) is 0 Å². The summed E-state index contributed by atoms with van der Waals surface area (Å²) in [4.78, 5) is 16.0. The van der Waals surface area contributed by atoms with E-state index in [0.717, 1.165) is 11.1 Å². The van der Waals surface area contributed by atoms with Crippen LogP contribution < -0.4 is 5.73 Å². The van der Waals surface area contributed by atoms with Crippen LogP contribution in [0.2, 0.25) is 0 Å². The number of aryl methyl sites for hydroxylation is 1. The molecule has 0 radical (unpaired) electrons. The Morgan fingerprint density at radius 2 is 2.11 bits per heavy atom. The topological polar surface area (TPSA) is 73.8 Å². The molecule has 0 atom stereocenters. The summed E-state index contributed by atoms with van der Waals surface area (Å²) in [6.45, 7) is 5.59. The predicted octanol–water partition coefficient (Wildman–Crippen LogP) is 2.13. The van der Waals surface area contributed by atoms with Gasteiger partial charge >= 0.3 is 0 Å². The van der Waals surface area contributed by atoms with Gasteiger partial charge in [0.15, 0.2) is 5.82 Å². The molecule has 2 aromatic rings. The molecule has 5 heteroatoms. The predicted molar refractivity (Wildman–Crippen MR) is 70.1 cm³/mol. The third kappa shape index (κ3) is 2.25. The van der Waals surface area contributed by atoms with Crippen molar-refractivity contribution in [2.45, 2.75) is 20.8 Å². The number of nitrogens with zero attached hydrogens (tertiary/aromatic N) is 3. The average molecular weight is 244 g/mol. The Morgan fingerprint density at radius 1 is 1.39 bits per heavy atom. The van der Waals surface area contributed by atoms with Gasteiger partial charge in [0, 0.05) is 11.5 Å². The van der Waals surface area contributed by atoms with E-state index >= 15 is 0 Å². The number of nitrogen functional groups attached to an aromatic ring is 1. The van der Waals surface area contributed by atoms with E-state index in [-0.39, 0.29) is 17.8 Å². The Morgan fingerprint density at radius 3 is 2.72 bits per heavy atom. The molecule has 0 fully saturated rings. The Hall–Kier alpha value is -2.17. The van der Waals surface area contributed by atoms with Crippen molar-refractivity contribution in [3.05, 3.63) is 29.8 Å². The maximum absolute atomic E-state index is 11.9. The number of benzene rings is 1. The van der Waals surface area contributed by atoms with Crippen molar-refractivity contribution >= 4 is 11.9 Å². The molecular formula is C13H16N4O. The third-order valence-corrected chi connectivity index (χ3v) is 2.61. The van der Waals surface area contributed by atoms with E-state index in [1.54, 1.807) is 13.8 Å². The first-order valence-corrected chi connectivity index (χ1v) is 5.83. The number of carbonyl (C=O) groups excluding carboxylic acids is 1. The largest absolute Gasteiger partial charge is 0.368 e. The molecule has 0 aliphatic rings. The zero-order chi connectivity index (χ0) is 13.3. The van der Waals surface area contributed by atoms with E-state index in [4.69, 9.17) is 5.73 Å². The molecule has 0 saturated heterocycles. The summed E-state index contributed by atoms with van der Waals surface area (Å²) in [5, 5.41) is 4.17. The van der Waals surface area contributed by atoms with Crippen LogP contribution in [0.15, 0.2) is 24.3 Å². The lowest BCUT2D eigenvalue weighted by Crippen LogP contribution is -2.20. The lowest BCUT2D eigenvalue weighted by molar-refractivity contribution is 0.0842. The van der Waals surface area contributed by atoms with Crippen molar-refractivity contribution in [2.24, 2.45) is 5.92 Å². The second-order valence-electron chi connectivity index (χ2n) is 4.57. The monoisotopic (exact) mass is 244 g/mol. The highest BCUT2D eigenvalue weighted by molar-refractivity contribution is 5.82. The van der Waals surface area contributed by atoms with Gasteiger partial charge < -0.3 is 5.73 Å². The van der Waals surface area contributed by atoms with Crippen molar-refractivity contribution < 1.29 is 4.79 Å². The smallest absolute Gasteiger partial charge is 0.252 e. The minimum Gasteiger partial charge on any atom is -0.368 e. The lowest BCUT2D eigenvalue weighted by atomic mass is 10.1. The highest BCUT2D eigenvalue weighted by Gasteiger charge is 2.17. The number of anilines is 1. The van der Waals surface area contributed by atoms with Crippen LogP contribution in [-0.2, 0) is 0 Å². The van der Waals surface area contributed by atoms with Gasteiger partial charge in [0.05, 0.1) is 0 Å². The van der Waals surface area contributed by atoms with Crippen LogP contribution in [0, 0.1) is 12.8 Å². The van der Waals surface area contributed by atoms with Gasteiger partial charge in [-0.25, -0.2) is 0 Å². The van der Waals surface area contributed by atoms with Gasteiger partial charge in [0.1, 0.15) is 0 Å². The zero-order valence-electron chi connectivity index (χ0n) is 10.7. The molecule has 0 aliphatic carbocycles. The first-order chi connectivity index (χ1) is 8.49. The van der Waals surface area contributed by atoms with Crippen LogP contribution >= 0.6 is 0 Å². The number of aromatic nitrogens is 3. The number of hydrogen-bond donors (Lipinski definition) is 1. The summed E-state index contributed by atoms with van der Waals surface area (Å²) in [7, 11) is 0. The van der Waals surface area contributed by atoms with Gasteiger partial charge in [-0.1, -0.05) is 37.6 Å². The molecule has 0 unspecified atom stereocenters. The SMILES string of the molecule is Cc1cccc(-c2nc(N)n(C(=O)C(C)C)n2)c1. The van der Waals surface area contributed by atoms with E-state index in [0.29, 0.717) is 5.82 Å². The van der Waals surface area contributed by atoms with Gasteiger partial charge in [-0.2, -0.15) is 9.67 Å². The molecule has 18 heavy (non-hydrogen) atoms. The summed E-state index contributed by atoms with van der Waals surface area (Å²) in [6, 6.07) is 7.76. The Bertz CT molecular complexity index is 586. The molecule has 2 N–H and O–H groups in total. The molecule has 1 heterocycles. The summed E-state index contributed by atoms with van der Waals surface area (Å²) >= 11 is 0. The fourth-order valence-corrected chi connectivity index (χ4v) is 1.64. The van der Waals surface area contributed by atoms with Crippen LogP contribution in [0.1, 0.15) is 24.2 Å².